The van der Waals surface area contributed by atoms with Gasteiger partial charge in [0.15, 0.2) is 0 Å². The molecule has 2 N–H and O–H groups in total. The molecule has 0 aliphatic rings. The molecule has 1 aromatic carbocycles. The first-order valence-electron chi connectivity index (χ1n) is 7.54. The highest BCUT2D eigenvalue weighted by molar-refractivity contribution is 7.14. The van der Waals surface area contributed by atoms with Crippen molar-refractivity contribution >= 4 is 39.8 Å². The molecule has 1 aromatic heterocycles. The molecule has 0 fully saturated rings. The van der Waals surface area contributed by atoms with Crippen molar-refractivity contribution in [1.29, 1.82) is 0 Å². The minimum absolute atomic E-state index is 0.0256. The maximum Gasteiger partial charge on any atom is 0.341 e. The fourth-order valence-corrected chi connectivity index (χ4v) is 3.08. The highest BCUT2D eigenvalue weighted by Crippen LogP contribution is 2.24. The first-order valence-corrected chi connectivity index (χ1v) is 8.80. The molecule has 1 atom stereocenters. The zero-order valence-electron chi connectivity index (χ0n) is 13.5. The molecule has 128 valence electrons. The fraction of sp³-hybridized carbons (Fsp3) is 0.294. The number of nitrogens with one attached hydrogen (secondary N) is 2. The number of hydrogen-bond donors (Lipinski definition) is 2. The summed E-state index contributed by atoms with van der Waals surface area (Å²) in [6.07, 6.45) is 0. The summed E-state index contributed by atoms with van der Waals surface area (Å²) in [6, 6.07) is 9.09. The predicted octanol–water partition coefficient (Wildman–Crippen LogP) is 3.87. The Morgan fingerprint density at radius 2 is 2.12 bits per heavy atom. The van der Waals surface area contributed by atoms with E-state index in [0.717, 1.165) is 5.56 Å². The van der Waals surface area contributed by atoms with Crippen LogP contribution in [0.5, 0.6) is 0 Å². The van der Waals surface area contributed by atoms with Gasteiger partial charge in [0.1, 0.15) is 5.00 Å². The van der Waals surface area contributed by atoms with Crippen molar-refractivity contribution in [2.24, 2.45) is 0 Å². The summed E-state index contributed by atoms with van der Waals surface area (Å²) < 4.78 is 4.96. The smallest absolute Gasteiger partial charge is 0.341 e. The molecule has 0 spiro atoms. The van der Waals surface area contributed by atoms with Crippen molar-refractivity contribution in [3.05, 3.63) is 51.9 Å². The Labute approximate surface area is 150 Å². The van der Waals surface area contributed by atoms with Crippen LogP contribution in [0.3, 0.4) is 0 Å². The van der Waals surface area contributed by atoms with Crippen LogP contribution >= 0.6 is 22.9 Å². The largest absolute Gasteiger partial charge is 0.462 e. The summed E-state index contributed by atoms with van der Waals surface area (Å²) in [5.41, 5.74) is 1.37. The van der Waals surface area contributed by atoms with Crippen molar-refractivity contribution in [1.82, 2.24) is 5.32 Å². The van der Waals surface area contributed by atoms with E-state index < -0.39 is 5.97 Å². The second-order valence-electron chi connectivity index (χ2n) is 5.09. The number of rotatable bonds is 7. The number of ether oxygens (including phenoxy) is 1. The van der Waals surface area contributed by atoms with Gasteiger partial charge in [-0.3, -0.25) is 4.79 Å². The third-order valence-corrected chi connectivity index (χ3v) is 4.40. The minimum atomic E-state index is -0.436. The van der Waals surface area contributed by atoms with Gasteiger partial charge in [-0.25, -0.2) is 4.79 Å². The molecule has 5 nitrogen and oxygen atoms in total. The summed E-state index contributed by atoms with van der Waals surface area (Å²) in [7, 11) is 0. The van der Waals surface area contributed by atoms with Crippen LogP contribution in [0.2, 0.25) is 5.02 Å². The molecule has 2 aromatic rings. The van der Waals surface area contributed by atoms with E-state index in [9.17, 15) is 9.59 Å². The Balaban J connectivity index is 1.90. The van der Waals surface area contributed by atoms with Crippen molar-refractivity contribution in [2.45, 2.75) is 19.9 Å². The predicted molar refractivity (Wildman–Crippen MR) is 96.8 cm³/mol. The first kappa shape index (κ1) is 18.4. The normalized spacial score (nSPS) is 11.8. The zero-order chi connectivity index (χ0) is 17.5. The van der Waals surface area contributed by atoms with E-state index in [1.165, 1.54) is 11.3 Å². The second kappa shape index (κ2) is 8.82. The standard InChI is InChI=1S/C17H19ClN2O3S/c1-3-23-17(22)14-7-8-24-16(14)20-15(21)10-19-11(2)12-5-4-6-13(18)9-12/h4-9,11,19H,3,10H2,1-2H3,(H,20,21). The summed E-state index contributed by atoms with van der Waals surface area (Å²) in [5, 5.41) is 8.76. The monoisotopic (exact) mass is 366 g/mol. The second-order valence-corrected chi connectivity index (χ2v) is 6.44. The van der Waals surface area contributed by atoms with E-state index >= 15 is 0 Å². The third kappa shape index (κ3) is 5.06. The van der Waals surface area contributed by atoms with E-state index in [1.54, 1.807) is 24.4 Å². The van der Waals surface area contributed by atoms with E-state index in [2.05, 4.69) is 10.6 Å². The molecule has 0 bridgehead atoms. The molecule has 24 heavy (non-hydrogen) atoms. The molecule has 7 heteroatoms. The number of esters is 1. The van der Waals surface area contributed by atoms with E-state index in [-0.39, 0.29) is 18.5 Å². The van der Waals surface area contributed by atoms with Crippen LogP contribution in [-0.4, -0.2) is 25.0 Å². The van der Waals surface area contributed by atoms with Gasteiger partial charge in [-0.05, 0) is 43.0 Å². The summed E-state index contributed by atoms with van der Waals surface area (Å²) in [4.78, 5) is 23.9. The molecule has 1 heterocycles. The maximum atomic E-state index is 12.1. The van der Waals surface area contributed by atoms with Crippen LogP contribution in [0.4, 0.5) is 5.00 Å². The lowest BCUT2D eigenvalue weighted by Gasteiger charge is -2.14. The Kier molecular flexibility index (Phi) is 6.78. The highest BCUT2D eigenvalue weighted by Gasteiger charge is 2.16. The number of carbonyl (C=O) groups is 2. The lowest BCUT2D eigenvalue weighted by atomic mass is 10.1. The molecule has 0 saturated carbocycles. The van der Waals surface area contributed by atoms with Gasteiger partial charge in [-0.1, -0.05) is 23.7 Å². The van der Waals surface area contributed by atoms with Gasteiger partial charge in [0.05, 0.1) is 18.7 Å². The van der Waals surface area contributed by atoms with Gasteiger partial charge in [-0.2, -0.15) is 0 Å². The minimum Gasteiger partial charge on any atom is -0.462 e. The van der Waals surface area contributed by atoms with Gasteiger partial charge in [0.25, 0.3) is 0 Å². The lowest BCUT2D eigenvalue weighted by Crippen LogP contribution is -2.30. The molecule has 1 amide bonds. The van der Waals surface area contributed by atoms with E-state index in [1.807, 2.05) is 25.1 Å². The average molecular weight is 367 g/mol. The maximum absolute atomic E-state index is 12.1. The average Bonchev–Trinajstić information content (AvgIpc) is 3.01. The van der Waals surface area contributed by atoms with E-state index in [0.29, 0.717) is 22.2 Å². The molecule has 0 aliphatic heterocycles. The number of anilines is 1. The number of carbonyl (C=O) groups excluding carboxylic acids is 2. The number of hydrogen-bond acceptors (Lipinski definition) is 5. The topological polar surface area (TPSA) is 67.4 Å². The van der Waals surface area contributed by atoms with Crippen LogP contribution in [0.15, 0.2) is 35.7 Å². The van der Waals surface area contributed by atoms with Crippen molar-refractivity contribution in [3.63, 3.8) is 0 Å². The van der Waals surface area contributed by atoms with Crippen LogP contribution in [0.25, 0.3) is 0 Å². The van der Waals surface area contributed by atoms with Crippen LogP contribution < -0.4 is 10.6 Å². The van der Waals surface area contributed by atoms with Gasteiger partial charge < -0.3 is 15.4 Å². The van der Waals surface area contributed by atoms with Gasteiger partial charge >= 0.3 is 5.97 Å². The van der Waals surface area contributed by atoms with Crippen molar-refractivity contribution in [2.75, 3.05) is 18.5 Å². The van der Waals surface area contributed by atoms with Crippen LogP contribution in [0.1, 0.15) is 35.8 Å². The number of halogens is 1. The molecule has 0 aliphatic carbocycles. The highest BCUT2D eigenvalue weighted by atomic mass is 35.5. The SMILES string of the molecule is CCOC(=O)c1ccsc1NC(=O)CNC(C)c1cccc(Cl)c1. The number of thiophene rings is 1. The Bertz CT molecular complexity index is 717. The number of benzene rings is 1. The summed E-state index contributed by atoms with van der Waals surface area (Å²) in [5.74, 6) is -0.661. The van der Waals surface area contributed by atoms with Crippen LogP contribution in [0, 0.1) is 0 Å². The zero-order valence-corrected chi connectivity index (χ0v) is 15.0. The van der Waals surface area contributed by atoms with Gasteiger partial charge in [-0.15, -0.1) is 11.3 Å². The summed E-state index contributed by atoms with van der Waals surface area (Å²) in [6.45, 7) is 4.10. The molecule has 2 rings (SSSR count). The molecular formula is C17H19ClN2O3S. The van der Waals surface area contributed by atoms with Crippen LogP contribution in [-0.2, 0) is 9.53 Å². The molecule has 0 radical (unpaired) electrons. The van der Waals surface area contributed by atoms with Gasteiger partial charge in [0.2, 0.25) is 5.91 Å². The van der Waals surface area contributed by atoms with Crippen molar-refractivity contribution < 1.29 is 14.3 Å². The number of amides is 1. The lowest BCUT2D eigenvalue weighted by molar-refractivity contribution is -0.115. The Hall–Kier alpha value is -1.89. The summed E-state index contributed by atoms with van der Waals surface area (Å²) >= 11 is 7.26. The Morgan fingerprint density at radius 1 is 1.33 bits per heavy atom. The van der Waals surface area contributed by atoms with E-state index in [4.69, 9.17) is 16.3 Å². The quantitative estimate of drug-likeness (QED) is 0.730. The molecular weight excluding hydrogens is 348 g/mol. The third-order valence-electron chi connectivity index (χ3n) is 3.33. The Morgan fingerprint density at radius 3 is 2.83 bits per heavy atom. The first-order chi connectivity index (χ1) is 11.5. The van der Waals surface area contributed by atoms with Gasteiger partial charge in [0, 0.05) is 11.1 Å². The fourth-order valence-electron chi connectivity index (χ4n) is 2.09. The molecule has 1 unspecified atom stereocenters. The molecule has 0 saturated heterocycles. The van der Waals surface area contributed by atoms with Crippen molar-refractivity contribution in [3.8, 4) is 0 Å².